The number of hydrogen-bond donors (Lipinski definition) is 1. The molecule has 0 aliphatic heterocycles. The van der Waals surface area contributed by atoms with Crippen LogP contribution in [-0.2, 0) is 10.5 Å². The lowest BCUT2D eigenvalue weighted by Gasteiger charge is -2.08. The molecule has 4 rings (SSSR count). The van der Waals surface area contributed by atoms with E-state index in [2.05, 4.69) is 25.5 Å². The number of thiophene rings is 1. The number of thioether (sulfide) groups is 1. The van der Waals surface area contributed by atoms with Gasteiger partial charge in [-0.05, 0) is 42.0 Å². The number of methoxy groups -OCH3 is 1. The molecule has 0 radical (unpaired) electrons. The first-order valence-corrected chi connectivity index (χ1v) is 11.1. The van der Waals surface area contributed by atoms with Crippen LogP contribution < -0.4 is 10.5 Å². The molecule has 4 aromatic rings. The molecule has 2 N–H and O–H groups in total. The number of aryl methyl sites for hydroxylation is 1. The molecule has 0 fully saturated rings. The van der Waals surface area contributed by atoms with Crippen LogP contribution in [0.1, 0.15) is 28.0 Å². The Hall–Kier alpha value is -3.25. The zero-order chi connectivity index (χ0) is 22.0. The quantitative estimate of drug-likeness (QED) is 0.326. The number of ether oxygens (including phenoxy) is 2. The number of rotatable bonds is 7. The van der Waals surface area contributed by atoms with Gasteiger partial charge in [-0.3, -0.25) is 0 Å². The molecule has 12 heteroatoms. The number of benzene rings is 1. The average molecular weight is 458 g/mol. The Morgan fingerprint density at radius 3 is 2.87 bits per heavy atom. The summed E-state index contributed by atoms with van der Waals surface area (Å²) in [6, 6.07) is 7.46. The number of hydrogen-bond acceptors (Lipinski definition) is 11. The monoisotopic (exact) mass is 457 g/mol. The van der Waals surface area contributed by atoms with Gasteiger partial charge >= 0.3 is 5.97 Å². The number of anilines is 1. The minimum atomic E-state index is -0.380. The van der Waals surface area contributed by atoms with Gasteiger partial charge in [-0.15, -0.1) is 16.4 Å². The molecule has 1 aromatic carbocycles. The highest BCUT2D eigenvalue weighted by Crippen LogP contribution is 2.34. The third-order valence-electron chi connectivity index (χ3n) is 4.41. The molecule has 3 heterocycles. The van der Waals surface area contributed by atoms with Gasteiger partial charge in [-0.25, -0.2) is 14.8 Å². The van der Waals surface area contributed by atoms with Crippen molar-refractivity contribution in [1.82, 2.24) is 30.2 Å². The molecular formula is C19H19N7O3S2. The van der Waals surface area contributed by atoms with E-state index in [4.69, 9.17) is 15.2 Å². The van der Waals surface area contributed by atoms with Crippen molar-refractivity contribution in [3.05, 3.63) is 40.5 Å². The zero-order valence-electron chi connectivity index (χ0n) is 17.0. The van der Waals surface area contributed by atoms with Crippen LogP contribution >= 0.6 is 23.1 Å². The Labute approximate surface area is 185 Å². The lowest BCUT2D eigenvalue weighted by atomic mass is 10.2. The molecule has 0 aliphatic rings. The highest BCUT2D eigenvalue weighted by atomic mass is 32.2. The first kappa shape index (κ1) is 21.0. The number of tetrazole rings is 1. The van der Waals surface area contributed by atoms with Crippen molar-refractivity contribution in [3.63, 3.8) is 0 Å². The van der Waals surface area contributed by atoms with Crippen molar-refractivity contribution in [2.45, 2.75) is 24.8 Å². The highest BCUT2D eigenvalue weighted by molar-refractivity contribution is 7.98. The summed E-state index contributed by atoms with van der Waals surface area (Å²) in [5, 5.41) is 13.2. The van der Waals surface area contributed by atoms with E-state index >= 15 is 0 Å². The van der Waals surface area contributed by atoms with E-state index in [1.807, 2.05) is 31.2 Å². The van der Waals surface area contributed by atoms with Gasteiger partial charge in [0.05, 0.1) is 24.9 Å². The van der Waals surface area contributed by atoms with E-state index in [1.165, 1.54) is 23.1 Å². The van der Waals surface area contributed by atoms with Gasteiger partial charge in [0.1, 0.15) is 32.8 Å². The smallest absolute Gasteiger partial charge is 0.348 e. The van der Waals surface area contributed by atoms with E-state index in [1.54, 1.807) is 18.7 Å². The predicted molar refractivity (Wildman–Crippen MR) is 118 cm³/mol. The minimum absolute atomic E-state index is 0.302. The molecule has 0 saturated heterocycles. The van der Waals surface area contributed by atoms with Gasteiger partial charge in [0.15, 0.2) is 0 Å². The maximum atomic E-state index is 12.2. The number of esters is 1. The predicted octanol–water partition coefficient (Wildman–Crippen LogP) is 3.04. The van der Waals surface area contributed by atoms with Crippen molar-refractivity contribution in [1.29, 1.82) is 0 Å². The molecule has 0 aliphatic carbocycles. The van der Waals surface area contributed by atoms with E-state index in [0.717, 1.165) is 11.3 Å². The zero-order valence-corrected chi connectivity index (χ0v) is 18.7. The van der Waals surface area contributed by atoms with Crippen molar-refractivity contribution >= 4 is 45.1 Å². The van der Waals surface area contributed by atoms with Crippen LogP contribution in [0.5, 0.6) is 5.75 Å². The molecule has 0 saturated carbocycles. The molecule has 0 spiro atoms. The molecule has 0 bridgehead atoms. The Kier molecular flexibility index (Phi) is 6.00. The fraction of sp³-hybridized carbons (Fsp3) is 0.263. The number of fused-ring (bicyclic) bond motifs is 1. The number of nitrogen functional groups attached to an aromatic ring is 1. The van der Waals surface area contributed by atoms with Gasteiger partial charge < -0.3 is 15.2 Å². The number of carbonyl (C=O) groups is 1. The Balaban J connectivity index is 1.61. The third-order valence-corrected chi connectivity index (χ3v) is 6.49. The molecule has 3 aromatic heterocycles. The number of nitrogens with zero attached hydrogens (tertiary/aromatic N) is 6. The molecular weight excluding hydrogens is 438 g/mol. The van der Waals surface area contributed by atoms with Gasteiger partial charge in [0.25, 0.3) is 0 Å². The summed E-state index contributed by atoms with van der Waals surface area (Å²) < 4.78 is 12.1. The van der Waals surface area contributed by atoms with E-state index in [9.17, 15) is 4.79 Å². The molecule has 31 heavy (non-hydrogen) atoms. The van der Waals surface area contributed by atoms with Gasteiger partial charge in [-0.1, -0.05) is 23.9 Å². The fourth-order valence-corrected chi connectivity index (χ4v) is 4.87. The fourth-order valence-electron chi connectivity index (χ4n) is 3.03. The van der Waals surface area contributed by atoms with Crippen molar-refractivity contribution in [2.24, 2.45) is 0 Å². The standard InChI is InChI=1S/C19H19N7O3S2/c1-4-29-18(27)15-10(2)14-16(20)21-13(22-17(14)31-15)9-30-19-23-24-25-26(19)11-7-5-6-8-12(11)28-3/h5-8H,4,9H2,1-3H3,(H2,20,21,22). The molecule has 160 valence electrons. The average Bonchev–Trinajstić information content (AvgIpc) is 3.37. The summed E-state index contributed by atoms with van der Waals surface area (Å²) >= 11 is 2.62. The van der Waals surface area contributed by atoms with E-state index < -0.39 is 0 Å². The van der Waals surface area contributed by atoms with Gasteiger partial charge in [0, 0.05) is 0 Å². The lowest BCUT2D eigenvalue weighted by Crippen LogP contribution is -2.04. The van der Waals surface area contributed by atoms with Crippen LogP contribution in [-0.4, -0.2) is 49.9 Å². The van der Waals surface area contributed by atoms with Crippen LogP contribution in [0.2, 0.25) is 0 Å². The summed E-state index contributed by atoms with van der Waals surface area (Å²) in [6.07, 6.45) is 0. The second-order valence-electron chi connectivity index (χ2n) is 6.32. The summed E-state index contributed by atoms with van der Waals surface area (Å²) in [7, 11) is 1.59. The topological polar surface area (TPSA) is 131 Å². The summed E-state index contributed by atoms with van der Waals surface area (Å²) in [4.78, 5) is 22.3. The Morgan fingerprint density at radius 1 is 1.29 bits per heavy atom. The number of aromatic nitrogens is 6. The Bertz CT molecular complexity index is 1250. The molecule has 0 amide bonds. The molecule has 0 unspecified atom stereocenters. The first-order chi connectivity index (χ1) is 15.0. The van der Waals surface area contributed by atoms with Crippen molar-refractivity contribution in [2.75, 3.05) is 19.5 Å². The summed E-state index contributed by atoms with van der Waals surface area (Å²) in [6.45, 7) is 3.89. The number of carbonyl (C=O) groups excluding carboxylic acids is 1. The SMILES string of the molecule is CCOC(=O)c1sc2nc(CSc3nnnn3-c3ccccc3OC)nc(N)c2c1C. The van der Waals surface area contributed by atoms with Crippen LogP contribution in [0, 0.1) is 6.92 Å². The van der Waals surface area contributed by atoms with Crippen LogP contribution in [0.4, 0.5) is 5.82 Å². The summed E-state index contributed by atoms with van der Waals surface area (Å²) in [5.41, 5.74) is 7.64. The van der Waals surface area contributed by atoms with E-state index in [-0.39, 0.29) is 5.97 Å². The van der Waals surface area contributed by atoms with Crippen LogP contribution in [0.25, 0.3) is 15.9 Å². The second-order valence-corrected chi connectivity index (χ2v) is 8.26. The second kappa shape index (κ2) is 8.86. The molecule has 10 nitrogen and oxygen atoms in total. The van der Waals surface area contributed by atoms with E-state index in [0.29, 0.717) is 50.0 Å². The third kappa shape index (κ3) is 4.03. The highest BCUT2D eigenvalue weighted by Gasteiger charge is 2.21. The van der Waals surface area contributed by atoms with Crippen LogP contribution in [0.3, 0.4) is 0 Å². The maximum Gasteiger partial charge on any atom is 0.348 e. The summed E-state index contributed by atoms with van der Waals surface area (Å²) in [5.74, 6) is 1.50. The van der Waals surface area contributed by atoms with Gasteiger partial charge in [-0.2, -0.15) is 4.68 Å². The Morgan fingerprint density at radius 2 is 2.10 bits per heavy atom. The van der Waals surface area contributed by atoms with Crippen molar-refractivity contribution < 1.29 is 14.3 Å². The van der Waals surface area contributed by atoms with Crippen molar-refractivity contribution in [3.8, 4) is 11.4 Å². The molecule has 0 atom stereocenters. The maximum absolute atomic E-state index is 12.2. The number of para-hydroxylation sites is 2. The number of nitrogens with two attached hydrogens (primary N) is 1. The largest absolute Gasteiger partial charge is 0.494 e. The van der Waals surface area contributed by atoms with Gasteiger partial charge in [0.2, 0.25) is 5.16 Å². The first-order valence-electron chi connectivity index (χ1n) is 9.30. The lowest BCUT2D eigenvalue weighted by molar-refractivity contribution is 0.0531. The normalized spacial score (nSPS) is 11.1. The minimum Gasteiger partial charge on any atom is -0.494 e. The van der Waals surface area contributed by atoms with Crippen LogP contribution in [0.15, 0.2) is 29.4 Å².